The van der Waals surface area contributed by atoms with Gasteiger partial charge < -0.3 is 10.4 Å². The Labute approximate surface area is 127 Å². The van der Waals surface area contributed by atoms with Crippen LogP contribution in [0, 0.1) is 16.0 Å². The van der Waals surface area contributed by atoms with E-state index in [1.165, 1.54) is 6.07 Å². The maximum atomic E-state index is 12.2. The van der Waals surface area contributed by atoms with E-state index in [4.69, 9.17) is 5.11 Å². The zero-order chi connectivity index (χ0) is 16.3. The van der Waals surface area contributed by atoms with Gasteiger partial charge in [0.25, 0.3) is 11.6 Å². The van der Waals surface area contributed by atoms with Gasteiger partial charge in [-0.2, -0.15) is 0 Å². The largest absolute Gasteiger partial charge is 0.481 e. The van der Waals surface area contributed by atoms with Gasteiger partial charge in [0.15, 0.2) is 0 Å². The Kier molecular flexibility index (Phi) is 4.75. The molecule has 0 aromatic heterocycles. The lowest BCUT2D eigenvalue weighted by Crippen LogP contribution is -2.33. The number of hydrogen-bond acceptors (Lipinski definition) is 4. The monoisotopic (exact) mass is 306 g/mol. The highest BCUT2D eigenvalue weighted by molar-refractivity contribution is 5.95. The molecule has 7 heteroatoms. The van der Waals surface area contributed by atoms with Crippen LogP contribution in [0.4, 0.5) is 5.69 Å². The molecule has 1 aliphatic carbocycles. The number of aryl methyl sites for hydroxylation is 1. The quantitative estimate of drug-likeness (QED) is 0.639. The predicted molar refractivity (Wildman–Crippen MR) is 78.7 cm³/mol. The summed E-state index contributed by atoms with van der Waals surface area (Å²) in [5.41, 5.74) is 0.737. The van der Waals surface area contributed by atoms with Crippen molar-refractivity contribution in [2.75, 3.05) is 0 Å². The Morgan fingerprint density at radius 1 is 1.41 bits per heavy atom. The first-order valence-corrected chi connectivity index (χ1v) is 7.23. The minimum absolute atomic E-state index is 0.0648. The van der Waals surface area contributed by atoms with Gasteiger partial charge in [0, 0.05) is 23.2 Å². The molecular weight excluding hydrogens is 288 g/mol. The molecule has 7 nitrogen and oxygen atoms in total. The van der Waals surface area contributed by atoms with Crippen molar-refractivity contribution in [2.45, 2.75) is 38.6 Å². The van der Waals surface area contributed by atoms with E-state index < -0.39 is 22.7 Å². The number of amides is 1. The molecule has 0 bridgehead atoms. The molecule has 0 heterocycles. The van der Waals surface area contributed by atoms with Crippen molar-refractivity contribution < 1.29 is 19.6 Å². The molecule has 0 saturated heterocycles. The van der Waals surface area contributed by atoms with Crippen LogP contribution in [-0.2, 0) is 11.2 Å². The number of nitrogens with zero attached hydrogens (tertiary/aromatic N) is 1. The first-order valence-electron chi connectivity index (χ1n) is 7.23. The third-order valence-electron chi connectivity index (χ3n) is 4.04. The second kappa shape index (κ2) is 6.55. The highest BCUT2D eigenvalue weighted by Gasteiger charge is 2.30. The number of nitro groups is 1. The summed E-state index contributed by atoms with van der Waals surface area (Å²) in [7, 11) is 0. The van der Waals surface area contributed by atoms with Crippen molar-refractivity contribution in [3.8, 4) is 0 Å². The van der Waals surface area contributed by atoms with E-state index in [1.807, 2.05) is 6.92 Å². The standard InChI is InChI=1S/C15H18N2O5/c1-2-9-3-4-10(8-13(9)17(21)22)14(18)16-12-6-5-11(7-12)15(19)20/h3-4,8,11-12H,2,5-7H2,1H3,(H,16,18)(H,19,20)/t11-,12+/m0/s1. The number of carboxylic acids is 1. The fourth-order valence-electron chi connectivity index (χ4n) is 2.78. The number of carboxylic acid groups (broad SMARTS) is 1. The van der Waals surface area contributed by atoms with E-state index in [1.54, 1.807) is 12.1 Å². The molecule has 2 N–H and O–H groups in total. The first kappa shape index (κ1) is 15.9. The summed E-state index contributed by atoms with van der Waals surface area (Å²) in [5.74, 6) is -1.68. The number of aliphatic carboxylic acids is 1. The average Bonchev–Trinajstić information content (AvgIpc) is 2.95. The molecule has 1 saturated carbocycles. The Morgan fingerprint density at radius 2 is 2.14 bits per heavy atom. The molecule has 1 aromatic rings. The van der Waals surface area contributed by atoms with E-state index in [9.17, 15) is 19.7 Å². The maximum absolute atomic E-state index is 12.2. The first-order chi connectivity index (χ1) is 10.4. The summed E-state index contributed by atoms with van der Waals surface area (Å²) in [6.07, 6.45) is 2.06. The molecule has 1 aromatic carbocycles. The number of carbonyl (C=O) groups excluding carboxylic acids is 1. The van der Waals surface area contributed by atoms with Crippen LogP contribution < -0.4 is 5.32 Å². The Hall–Kier alpha value is -2.44. The van der Waals surface area contributed by atoms with Crippen LogP contribution in [0.3, 0.4) is 0 Å². The van der Waals surface area contributed by atoms with Crippen LogP contribution in [0.25, 0.3) is 0 Å². The number of carbonyl (C=O) groups is 2. The summed E-state index contributed by atoms with van der Waals surface area (Å²) in [6, 6.07) is 4.23. The molecule has 1 amide bonds. The van der Waals surface area contributed by atoms with Crippen molar-refractivity contribution in [2.24, 2.45) is 5.92 Å². The Morgan fingerprint density at radius 3 is 2.68 bits per heavy atom. The number of nitrogens with one attached hydrogen (secondary N) is 1. The normalized spacial score (nSPS) is 20.6. The minimum Gasteiger partial charge on any atom is -0.481 e. The van der Waals surface area contributed by atoms with E-state index in [2.05, 4.69) is 5.32 Å². The SMILES string of the molecule is CCc1ccc(C(=O)N[C@@H]2CC[C@H](C(=O)O)C2)cc1[N+](=O)[O-]. The third-order valence-corrected chi connectivity index (χ3v) is 4.04. The van der Waals surface area contributed by atoms with Gasteiger partial charge in [-0.1, -0.05) is 13.0 Å². The molecule has 2 rings (SSSR count). The molecule has 1 aliphatic rings. The Balaban J connectivity index is 2.09. The van der Waals surface area contributed by atoms with Crippen LogP contribution in [-0.4, -0.2) is 27.9 Å². The van der Waals surface area contributed by atoms with Gasteiger partial charge in [0.1, 0.15) is 0 Å². The number of rotatable bonds is 5. The van der Waals surface area contributed by atoms with Crippen LogP contribution in [0.15, 0.2) is 18.2 Å². The summed E-state index contributed by atoms with van der Waals surface area (Å²) in [6.45, 7) is 1.81. The second-order valence-corrected chi connectivity index (χ2v) is 5.47. The van der Waals surface area contributed by atoms with E-state index in [0.717, 1.165) is 0 Å². The van der Waals surface area contributed by atoms with Crippen LogP contribution in [0.1, 0.15) is 42.1 Å². The second-order valence-electron chi connectivity index (χ2n) is 5.47. The summed E-state index contributed by atoms with van der Waals surface area (Å²) in [4.78, 5) is 33.6. The van der Waals surface area contributed by atoms with Gasteiger partial charge in [-0.3, -0.25) is 19.7 Å². The predicted octanol–water partition coefficient (Wildman–Crippen LogP) is 2.14. The van der Waals surface area contributed by atoms with Gasteiger partial charge in [-0.15, -0.1) is 0 Å². The van der Waals surface area contributed by atoms with Crippen molar-refractivity contribution in [1.29, 1.82) is 0 Å². The van der Waals surface area contributed by atoms with Crippen LogP contribution in [0.5, 0.6) is 0 Å². The molecule has 0 unspecified atom stereocenters. The van der Waals surface area contributed by atoms with Gasteiger partial charge in [-0.25, -0.2) is 0 Å². The van der Waals surface area contributed by atoms with E-state index in [0.29, 0.717) is 31.2 Å². The number of nitro benzene ring substituents is 1. The van der Waals surface area contributed by atoms with Gasteiger partial charge in [0.05, 0.1) is 10.8 Å². The highest BCUT2D eigenvalue weighted by Crippen LogP contribution is 2.26. The van der Waals surface area contributed by atoms with Crippen LogP contribution >= 0.6 is 0 Å². The molecule has 118 valence electrons. The lowest BCUT2D eigenvalue weighted by Gasteiger charge is -2.12. The van der Waals surface area contributed by atoms with Gasteiger partial charge in [0.2, 0.25) is 0 Å². The fourth-order valence-corrected chi connectivity index (χ4v) is 2.78. The Bertz CT molecular complexity index is 614. The molecule has 0 radical (unpaired) electrons. The van der Waals surface area contributed by atoms with E-state index in [-0.39, 0.29) is 17.3 Å². The van der Waals surface area contributed by atoms with Crippen molar-refractivity contribution in [3.63, 3.8) is 0 Å². The third kappa shape index (κ3) is 3.41. The maximum Gasteiger partial charge on any atom is 0.306 e. The topological polar surface area (TPSA) is 110 Å². The van der Waals surface area contributed by atoms with Crippen molar-refractivity contribution in [3.05, 3.63) is 39.4 Å². The zero-order valence-corrected chi connectivity index (χ0v) is 12.2. The van der Waals surface area contributed by atoms with Crippen LogP contribution in [0.2, 0.25) is 0 Å². The van der Waals surface area contributed by atoms with Crippen molar-refractivity contribution in [1.82, 2.24) is 5.32 Å². The fraction of sp³-hybridized carbons (Fsp3) is 0.467. The van der Waals surface area contributed by atoms with Gasteiger partial charge >= 0.3 is 5.97 Å². The minimum atomic E-state index is -0.848. The summed E-state index contributed by atoms with van der Waals surface area (Å²) in [5, 5.41) is 22.7. The molecule has 2 atom stereocenters. The van der Waals surface area contributed by atoms with E-state index >= 15 is 0 Å². The smallest absolute Gasteiger partial charge is 0.306 e. The van der Waals surface area contributed by atoms with Gasteiger partial charge in [-0.05, 0) is 31.7 Å². The molecule has 22 heavy (non-hydrogen) atoms. The number of hydrogen-bond donors (Lipinski definition) is 2. The zero-order valence-electron chi connectivity index (χ0n) is 12.2. The molecule has 1 fully saturated rings. The lowest BCUT2D eigenvalue weighted by molar-refractivity contribution is -0.385. The number of benzene rings is 1. The molecular formula is C15H18N2O5. The molecule has 0 aliphatic heterocycles. The van der Waals surface area contributed by atoms with Crippen molar-refractivity contribution >= 4 is 17.6 Å². The average molecular weight is 306 g/mol. The highest BCUT2D eigenvalue weighted by atomic mass is 16.6. The lowest BCUT2D eigenvalue weighted by atomic mass is 10.1. The molecule has 0 spiro atoms. The summed E-state index contributed by atoms with van der Waals surface area (Å²) < 4.78 is 0. The summed E-state index contributed by atoms with van der Waals surface area (Å²) >= 11 is 0.